The Hall–Kier alpha value is -4.02. The van der Waals surface area contributed by atoms with Gasteiger partial charge in [-0.15, -0.1) is 6.42 Å². The zero-order valence-corrected chi connectivity index (χ0v) is 23.1. The van der Waals surface area contributed by atoms with Crippen molar-refractivity contribution in [2.75, 3.05) is 44.5 Å². The Kier molecular flexibility index (Phi) is 5.69. The number of fused-ring (bicyclic) bond motifs is 6. The van der Waals surface area contributed by atoms with Gasteiger partial charge in [-0.25, -0.2) is 4.79 Å². The van der Waals surface area contributed by atoms with Crippen molar-refractivity contribution >= 4 is 41.7 Å². The van der Waals surface area contributed by atoms with Crippen LogP contribution in [0.25, 0.3) is 0 Å². The van der Waals surface area contributed by atoms with Crippen molar-refractivity contribution in [1.29, 1.82) is 0 Å². The second-order valence-corrected chi connectivity index (χ2v) is 14.9. The maximum absolute atomic E-state index is 13.4. The van der Waals surface area contributed by atoms with Crippen molar-refractivity contribution in [2.45, 2.75) is 18.7 Å². The molecule has 5 rings (SSSR count). The van der Waals surface area contributed by atoms with E-state index in [4.69, 9.17) is 11.2 Å². The van der Waals surface area contributed by atoms with Crippen LogP contribution in [0.4, 0.5) is 11.4 Å². The van der Waals surface area contributed by atoms with E-state index in [9.17, 15) is 9.59 Å². The average molecular weight is 510 g/mol. The highest BCUT2D eigenvalue weighted by Crippen LogP contribution is 2.49. The van der Waals surface area contributed by atoms with E-state index in [0.717, 1.165) is 22.5 Å². The summed E-state index contributed by atoms with van der Waals surface area (Å²) in [7, 11) is 5.88. The quantitative estimate of drug-likeness (QED) is 0.333. The second kappa shape index (κ2) is 8.53. The molecular weight excluding hydrogens is 478 g/mol. The lowest BCUT2D eigenvalue weighted by Gasteiger charge is -2.44. The maximum atomic E-state index is 13.4. The predicted molar refractivity (Wildman–Crippen MR) is 151 cm³/mol. The summed E-state index contributed by atoms with van der Waals surface area (Å²) in [6.45, 7) is 4.82. The molecule has 3 aromatic carbocycles. The molecule has 0 bridgehead atoms. The molecule has 0 fully saturated rings. The molecule has 1 spiro atoms. The van der Waals surface area contributed by atoms with Gasteiger partial charge >= 0.3 is 5.97 Å². The average Bonchev–Trinajstić information content (AvgIpc) is 3.17. The molecule has 7 heteroatoms. The number of hydrogen-bond acceptors (Lipinski definition) is 5. The number of ether oxygens (including phenoxy) is 1. The van der Waals surface area contributed by atoms with Crippen LogP contribution in [0.15, 0.2) is 54.6 Å². The van der Waals surface area contributed by atoms with Crippen molar-refractivity contribution in [1.82, 2.24) is 5.32 Å². The summed E-state index contributed by atoms with van der Waals surface area (Å²) in [5.41, 5.74) is 4.57. The molecule has 1 N–H and O–H groups in total. The van der Waals surface area contributed by atoms with Gasteiger partial charge in [0.05, 0.1) is 12.1 Å². The van der Waals surface area contributed by atoms with Gasteiger partial charge in [-0.05, 0) is 52.8 Å². The standard InChI is InChI=1S/C30H31N3O3Si/c1-8-15-31-28(34)19-9-12-22-25(16-19)30(36-29(22)35)23-13-10-20(32(2)3)17-26(23)37(6,7)27-18-21(33(4)5)11-14-24(27)30/h1,9-14,16-18H,15H2,2-7H3,(H,31,34). The van der Waals surface area contributed by atoms with Gasteiger partial charge in [0.25, 0.3) is 5.91 Å². The number of hydrogen-bond donors (Lipinski definition) is 1. The maximum Gasteiger partial charge on any atom is 0.340 e. The van der Waals surface area contributed by atoms with Gasteiger partial charge in [0.2, 0.25) is 0 Å². The van der Waals surface area contributed by atoms with Gasteiger partial charge in [0.1, 0.15) is 8.07 Å². The van der Waals surface area contributed by atoms with Crippen LogP contribution in [0.3, 0.4) is 0 Å². The Bertz CT molecular complexity index is 1440. The van der Waals surface area contributed by atoms with Crippen molar-refractivity contribution in [2.24, 2.45) is 0 Å². The van der Waals surface area contributed by atoms with Crippen LogP contribution < -0.4 is 25.5 Å². The molecule has 2 aliphatic rings. The third-order valence-electron chi connectivity index (χ3n) is 7.62. The van der Waals surface area contributed by atoms with Gasteiger partial charge < -0.3 is 19.9 Å². The Morgan fingerprint density at radius 1 is 0.919 bits per heavy atom. The Morgan fingerprint density at radius 3 is 2.00 bits per heavy atom. The molecule has 0 aliphatic carbocycles. The number of nitrogens with one attached hydrogen (secondary N) is 1. The fourth-order valence-electron chi connectivity index (χ4n) is 5.60. The topological polar surface area (TPSA) is 61.9 Å². The molecule has 188 valence electrons. The van der Waals surface area contributed by atoms with E-state index >= 15 is 0 Å². The van der Waals surface area contributed by atoms with E-state index in [-0.39, 0.29) is 12.5 Å². The van der Waals surface area contributed by atoms with E-state index in [1.165, 1.54) is 10.4 Å². The molecule has 37 heavy (non-hydrogen) atoms. The normalized spacial score (nSPS) is 15.6. The van der Waals surface area contributed by atoms with E-state index in [2.05, 4.69) is 70.5 Å². The fourth-order valence-corrected chi connectivity index (χ4v) is 8.77. The molecule has 3 aromatic rings. The van der Waals surface area contributed by atoms with Crippen molar-refractivity contribution < 1.29 is 14.3 Å². The molecule has 2 aliphatic heterocycles. The number of anilines is 2. The lowest BCUT2D eigenvalue weighted by Crippen LogP contribution is -2.63. The van der Waals surface area contributed by atoms with Crippen LogP contribution in [0.2, 0.25) is 13.1 Å². The largest absolute Gasteiger partial charge is 0.441 e. The first-order valence-electron chi connectivity index (χ1n) is 12.3. The zero-order chi connectivity index (χ0) is 26.7. The Labute approximate surface area is 219 Å². The summed E-state index contributed by atoms with van der Waals surface area (Å²) in [4.78, 5) is 30.4. The number of nitrogens with zero attached hydrogens (tertiary/aromatic N) is 2. The number of carbonyl (C=O) groups excluding carboxylic acids is 2. The highest BCUT2D eigenvalue weighted by Gasteiger charge is 2.56. The summed E-state index contributed by atoms with van der Waals surface area (Å²) in [6.07, 6.45) is 5.34. The predicted octanol–water partition coefficient (Wildman–Crippen LogP) is 2.78. The van der Waals surface area contributed by atoms with Gasteiger partial charge in [-0.3, -0.25) is 4.79 Å². The van der Waals surface area contributed by atoms with Crippen LogP contribution in [0.1, 0.15) is 37.4 Å². The summed E-state index contributed by atoms with van der Waals surface area (Å²) in [5.74, 6) is 1.76. The number of amides is 1. The van der Waals surface area contributed by atoms with Crippen LogP contribution in [0.5, 0.6) is 0 Å². The molecule has 1 amide bonds. The number of benzene rings is 3. The highest BCUT2D eigenvalue weighted by atomic mass is 28.3. The molecular formula is C30H31N3O3Si. The summed E-state index contributed by atoms with van der Waals surface area (Å²) in [6, 6.07) is 17.9. The summed E-state index contributed by atoms with van der Waals surface area (Å²) < 4.78 is 6.42. The molecule has 0 atom stereocenters. The van der Waals surface area contributed by atoms with Gasteiger partial charge in [-0.1, -0.05) is 31.1 Å². The number of carbonyl (C=O) groups is 2. The number of terminal acetylenes is 1. The van der Waals surface area contributed by atoms with E-state index < -0.39 is 19.6 Å². The van der Waals surface area contributed by atoms with Gasteiger partial charge in [0, 0.05) is 61.8 Å². The minimum atomic E-state index is -2.22. The third-order valence-corrected chi connectivity index (χ3v) is 11.1. The molecule has 6 nitrogen and oxygen atoms in total. The van der Waals surface area contributed by atoms with E-state index in [1.807, 2.05) is 28.2 Å². The monoisotopic (exact) mass is 509 g/mol. The smallest absolute Gasteiger partial charge is 0.340 e. The first-order valence-corrected chi connectivity index (χ1v) is 15.3. The lowest BCUT2D eigenvalue weighted by atomic mass is 9.78. The molecule has 0 saturated heterocycles. The molecule has 0 unspecified atom stereocenters. The SMILES string of the molecule is C#CCNC(=O)c1ccc2c(c1)C1(OC2=O)c2ccc(N(C)C)cc2[Si](C)(C)c2cc(N(C)C)ccc21. The van der Waals surface area contributed by atoms with Crippen molar-refractivity contribution in [3.05, 3.63) is 82.4 Å². The lowest BCUT2D eigenvalue weighted by molar-refractivity contribution is 0.0255. The van der Waals surface area contributed by atoms with Gasteiger partial charge in [-0.2, -0.15) is 0 Å². The third kappa shape index (κ3) is 3.55. The van der Waals surface area contributed by atoms with Crippen LogP contribution >= 0.6 is 0 Å². The molecule has 0 saturated carbocycles. The number of rotatable bonds is 4. The van der Waals surface area contributed by atoms with Crippen LogP contribution in [-0.2, 0) is 10.3 Å². The van der Waals surface area contributed by atoms with Crippen molar-refractivity contribution in [3.63, 3.8) is 0 Å². The minimum Gasteiger partial charge on any atom is -0.441 e. The van der Waals surface area contributed by atoms with Crippen molar-refractivity contribution in [3.8, 4) is 12.3 Å². The molecule has 0 aromatic heterocycles. The number of esters is 1. The van der Waals surface area contributed by atoms with Gasteiger partial charge in [0.15, 0.2) is 5.60 Å². The fraction of sp³-hybridized carbons (Fsp3) is 0.267. The summed E-state index contributed by atoms with van der Waals surface area (Å²) >= 11 is 0. The Morgan fingerprint density at radius 2 is 1.49 bits per heavy atom. The van der Waals surface area contributed by atoms with Crippen LogP contribution in [-0.4, -0.2) is 54.7 Å². The first-order chi connectivity index (χ1) is 17.5. The van der Waals surface area contributed by atoms with Crippen LogP contribution in [0, 0.1) is 12.3 Å². The highest BCUT2D eigenvalue weighted by molar-refractivity contribution is 7.01. The second-order valence-electron chi connectivity index (χ2n) is 10.6. The summed E-state index contributed by atoms with van der Waals surface area (Å²) in [5, 5.41) is 5.15. The first kappa shape index (κ1) is 24.7. The molecule has 2 heterocycles. The van der Waals surface area contributed by atoms with E-state index in [0.29, 0.717) is 16.7 Å². The molecule has 0 radical (unpaired) electrons. The zero-order valence-electron chi connectivity index (χ0n) is 22.1. The minimum absolute atomic E-state index is 0.128. The van der Waals surface area contributed by atoms with E-state index in [1.54, 1.807) is 18.2 Å². The Balaban J connectivity index is 1.85.